The van der Waals surface area contributed by atoms with E-state index in [1.807, 2.05) is 7.05 Å². The first-order valence-electron chi connectivity index (χ1n) is 6.98. The molecule has 0 radical (unpaired) electrons. The first kappa shape index (κ1) is 14.6. The molecule has 106 valence electrons. The summed E-state index contributed by atoms with van der Waals surface area (Å²) in [4.78, 5) is 2.36. The van der Waals surface area contributed by atoms with E-state index in [0.717, 1.165) is 36.5 Å². The smallest absolute Gasteiger partial charge is 0.0474 e. The number of hydrogen-bond donors (Lipinski definition) is 2. The Kier molecular flexibility index (Phi) is 5.08. The number of anilines is 1. The predicted molar refractivity (Wildman–Crippen MR) is 80.9 cm³/mol. The largest absolute Gasteiger partial charge is 0.396 e. The van der Waals surface area contributed by atoms with Crippen molar-refractivity contribution in [2.24, 2.45) is 5.92 Å². The van der Waals surface area contributed by atoms with Gasteiger partial charge in [0.25, 0.3) is 0 Å². The summed E-state index contributed by atoms with van der Waals surface area (Å²) in [5, 5.41) is 13.0. The lowest BCUT2D eigenvalue weighted by Crippen LogP contribution is -2.20. The molecule has 2 atom stereocenters. The summed E-state index contributed by atoms with van der Waals surface area (Å²) < 4.78 is 0. The maximum absolute atomic E-state index is 9.01. The molecule has 1 aromatic rings. The molecule has 1 saturated heterocycles. The minimum absolute atomic E-state index is 0.266. The molecular weight excluding hydrogens is 260 g/mol. The van der Waals surface area contributed by atoms with Crippen molar-refractivity contribution >= 4 is 17.3 Å². The molecule has 4 heteroatoms. The van der Waals surface area contributed by atoms with Gasteiger partial charge in [-0.3, -0.25) is 0 Å². The number of halogens is 1. The Morgan fingerprint density at radius 3 is 2.95 bits per heavy atom. The molecule has 0 spiro atoms. The van der Waals surface area contributed by atoms with E-state index in [2.05, 4.69) is 35.3 Å². The summed E-state index contributed by atoms with van der Waals surface area (Å²) in [5.41, 5.74) is 2.33. The second-order valence-electron chi connectivity index (χ2n) is 5.33. The van der Waals surface area contributed by atoms with E-state index in [1.54, 1.807) is 0 Å². The zero-order chi connectivity index (χ0) is 13.8. The molecule has 1 fully saturated rings. The number of nitrogens with zero attached hydrogens (tertiary/aromatic N) is 1. The third-order valence-electron chi connectivity index (χ3n) is 4.07. The Bertz CT molecular complexity index is 425. The molecule has 3 nitrogen and oxygen atoms in total. The molecule has 2 N–H and O–H groups in total. The number of aliphatic hydroxyl groups excluding tert-OH is 1. The van der Waals surface area contributed by atoms with Crippen molar-refractivity contribution in [2.75, 3.05) is 31.6 Å². The topological polar surface area (TPSA) is 35.5 Å². The third-order valence-corrected chi connectivity index (χ3v) is 4.40. The summed E-state index contributed by atoms with van der Waals surface area (Å²) in [6, 6.07) is 6.59. The zero-order valence-electron chi connectivity index (χ0n) is 11.7. The van der Waals surface area contributed by atoms with Crippen LogP contribution in [0.1, 0.15) is 31.4 Å². The lowest BCUT2D eigenvalue weighted by molar-refractivity contribution is 0.263. The first-order valence-corrected chi connectivity index (χ1v) is 7.36. The monoisotopic (exact) mass is 282 g/mol. The second-order valence-corrected chi connectivity index (χ2v) is 5.74. The molecule has 19 heavy (non-hydrogen) atoms. The fourth-order valence-electron chi connectivity index (χ4n) is 2.70. The fraction of sp³-hybridized carbons (Fsp3) is 0.600. The average Bonchev–Trinajstić information content (AvgIpc) is 2.87. The van der Waals surface area contributed by atoms with E-state index in [1.165, 1.54) is 5.69 Å². The summed E-state index contributed by atoms with van der Waals surface area (Å²) in [6.07, 6.45) is 2.06. The minimum atomic E-state index is 0.266. The normalized spacial score (nSPS) is 20.8. The lowest BCUT2D eigenvalue weighted by Gasteiger charge is -2.21. The quantitative estimate of drug-likeness (QED) is 0.872. The Labute approximate surface area is 120 Å². The zero-order valence-corrected chi connectivity index (χ0v) is 12.5. The van der Waals surface area contributed by atoms with Crippen molar-refractivity contribution in [2.45, 2.75) is 25.8 Å². The maximum atomic E-state index is 9.01. The van der Waals surface area contributed by atoms with Gasteiger partial charge >= 0.3 is 0 Å². The highest BCUT2D eigenvalue weighted by Crippen LogP contribution is 2.31. The van der Waals surface area contributed by atoms with Gasteiger partial charge in [-0.05, 0) is 50.4 Å². The highest BCUT2D eigenvalue weighted by Gasteiger charge is 2.22. The van der Waals surface area contributed by atoms with Crippen LogP contribution in [0.3, 0.4) is 0 Å². The SMILES string of the molecule is CNC(C)c1ccc(N2CCC(CCO)C2)cc1Cl. The average molecular weight is 283 g/mol. The minimum Gasteiger partial charge on any atom is -0.396 e. The molecule has 1 aromatic carbocycles. The molecule has 1 aliphatic rings. The summed E-state index contributed by atoms with van der Waals surface area (Å²) in [5.74, 6) is 0.611. The summed E-state index contributed by atoms with van der Waals surface area (Å²) in [6.45, 7) is 4.48. The van der Waals surface area contributed by atoms with Crippen LogP contribution in [0.2, 0.25) is 5.02 Å². The van der Waals surface area contributed by atoms with E-state index in [0.29, 0.717) is 5.92 Å². The van der Waals surface area contributed by atoms with Gasteiger partial charge in [0.15, 0.2) is 0 Å². The highest BCUT2D eigenvalue weighted by atomic mass is 35.5. The van der Waals surface area contributed by atoms with Crippen LogP contribution in [-0.4, -0.2) is 31.9 Å². The molecule has 1 aliphatic heterocycles. The van der Waals surface area contributed by atoms with Gasteiger partial charge in [-0.2, -0.15) is 0 Å². The number of benzene rings is 1. The van der Waals surface area contributed by atoms with Gasteiger partial charge in [0.05, 0.1) is 0 Å². The van der Waals surface area contributed by atoms with Crippen molar-refractivity contribution in [3.05, 3.63) is 28.8 Å². The van der Waals surface area contributed by atoms with E-state index in [9.17, 15) is 0 Å². The molecule has 0 aromatic heterocycles. The summed E-state index contributed by atoms with van der Waals surface area (Å²) in [7, 11) is 1.94. The van der Waals surface area contributed by atoms with Crippen molar-refractivity contribution in [1.82, 2.24) is 5.32 Å². The molecule has 0 amide bonds. The molecule has 1 heterocycles. The molecule has 0 saturated carbocycles. The fourth-order valence-corrected chi connectivity index (χ4v) is 3.04. The van der Waals surface area contributed by atoms with Crippen LogP contribution in [0.5, 0.6) is 0 Å². The summed E-state index contributed by atoms with van der Waals surface area (Å²) >= 11 is 6.37. The van der Waals surface area contributed by atoms with Crippen LogP contribution in [-0.2, 0) is 0 Å². The van der Waals surface area contributed by atoms with Crippen molar-refractivity contribution in [3.63, 3.8) is 0 Å². The van der Waals surface area contributed by atoms with Gasteiger partial charge in [0.2, 0.25) is 0 Å². The van der Waals surface area contributed by atoms with Gasteiger partial charge in [-0.1, -0.05) is 17.7 Å². The third kappa shape index (κ3) is 3.41. The molecule has 0 aliphatic carbocycles. The van der Waals surface area contributed by atoms with E-state index in [-0.39, 0.29) is 12.6 Å². The van der Waals surface area contributed by atoms with Crippen molar-refractivity contribution < 1.29 is 5.11 Å². The maximum Gasteiger partial charge on any atom is 0.0474 e. The van der Waals surface area contributed by atoms with Crippen LogP contribution in [0, 0.1) is 5.92 Å². The Hall–Kier alpha value is -0.770. The highest BCUT2D eigenvalue weighted by molar-refractivity contribution is 6.31. The Balaban J connectivity index is 2.08. The van der Waals surface area contributed by atoms with E-state index in [4.69, 9.17) is 16.7 Å². The van der Waals surface area contributed by atoms with Crippen LogP contribution < -0.4 is 10.2 Å². The van der Waals surface area contributed by atoms with Gasteiger partial charge in [0, 0.05) is 36.4 Å². The van der Waals surface area contributed by atoms with E-state index < -0.39 is 0 Å². The van der Waals surface area contributed by atoms with Gasteiger partial charge in [0.1, 0.15) is 0 Å². The number of nitrogens with one attached hydrogen (secondary N) is 1. The Morgan fingerprint density at radius 1 is 1.53 bits per heavy atom. The molecular formula is C15H23ClN2O. The predicted octanol–water partition coefficient (Wildman–Crippen LogP) is 2.83. The van der Waals surface area contributed by atoms with Crippen LogP contribution in [0.15, 0.2) is 18.2 Å². The molecule has 2 unspecified atom stereocenters. The number of aliphatic hydroxyl groups is 1. The standard InChI is InChI=1S/C15H23ClN2O/c1-11(17-2)14-4-3-13(9-15(14)16)18-7-5-12(10-18)6-8-19/h3-4,9,11-12,17,19H,5-8,10H2,1-2H3. The van der Waals surface area contributed by atoms with Crippen LogP contribution >= 0.6 is 11.6 Å². The van der Waals surface area contributed by atoms with E-state index >= 15 is 0 Å². The number of hydrogen-bond acceptors (Lipinski definition) is 3. The van der Waals surface area contributed by atoms with Gasteiger partial charge in [-0.25, -0.2) is 0 Å². The number of rotatable bonds is 5. The van der Waals surface area contributed by atoms with Crippen molar-refractivity contribution in [1.29, 1.82) is 0 Å². The second kappa shape index (κ2) is 6.60. The van der Waals surface area contributed by atoms with Crippen molar-refractivity contribution in [3.8, 4) is 0 Å². The molecule has 0 bridgehead atoms. The van der Waals surface area contributed by atoms with Gasteiger partial charge < -0.3 is 15.3 Å². The Morgan fingerprint density at radius 2 is 2.32 bits per heavy atom. The van der Waals surface area contributed by atoms with Gasteiger partial charge in [-0.15, -0.1) is 0 Å². The first-order chi connectivity index (χ1) is 9.15. The van der Waals surface area contributed by atoms with Crippen LogP contribution in [0.4, 0.5) is 5.69 Å². The lowest BCUT2D eigenvalue weighted by atomic mass is 10.1. The molecule has 2 rings (SSSR count). The van der Waals surface area contributed by atoms with Crippen LogP contribution in [0.25, 0.3) is 0 Å².